The Balaban J connectivity index is 1.91. The van der Waals surface area contributed by atoms with Gasteiger partial charge in [0.25, 0.3) is 0 Å². The number of hydrogen-bond acceptors (Lipinski definition) is 4. The van der Waals surface area contributed by atoms with Gasteiger partial charge in [-0.15, -0.1) is 5.10 Å². The average molecular weight is 216 g/mol. The highest BCUT2D eigenvalue weighted by atomic mass is 16.5. The fraction of sp³-hybridized carbons (Fsp3) is 0.273. The number of anilines is 1. The monoisotopic (exact) mass is 216 g/mol. The van der Waals surface area contributed by atoms with Crippen LogP contribution in [0.1, 0.15) is 0 Å². The van der Waals surface area contributed by atoms with Gasteiger partial charge >= 0.3 is 0 Å². The molecule has 1 aromatic carbocycles. The average Bonchev–Trinajstić information content (AvgIpc) is 2.77. The molecule has 1 fully saturated rings. The third-order valence-corrected chi connectivity index (χ3v) is 2.57. The van der Waals surface area contributed by atoms with Crippen LogP contribution in [0.2, 0.25) is 0 Å². The minimum Gasteiger partial charge on any atom is -0.377 e. The fourth-order valence-corrected chi connectivity index (χ4v) is 1.67. The van der Waals surface area contributed by atoms with Crippen molar-refractivity contribution in [2.45, 2.75) is 6.04 Å². The summed E-state index contributed by atoms with van der Waals surface area (Å²) in [6.45, 7) is 1.54. The van der Waals surface area contributed by atoms with Crippen molar-refractivity contribution in [2.24, 2.45) is 0 Å². The largest absolute Gasteiger partial charge is 0.377 e. The smallest absolute Gasteiger partial charge is 0.0894 e. The van der Waals surface area contributed by atoms with Crippen LogP contribution in [0.25, 0.3) is 5.69 Å². The molecule has 0 amide bonds. The van der Waals surface area contributed by atoms with E-state index in [0.29, 0.717) is 6.04 Å². The van der Waals surface area contributed by atoms with Crippen LogP contribution in [0.5, 0.6) is 0 Å². The normalized spacial score (nSPS) is 15.8. The number of aromatic nitrogens is 3. The molecule has 1 aromatic heterocycles. The lowest BCUT2D eigenvalue weighted by Crippen LogP contribution is -2.40. The number of rotatable bonds is 3. The Hall–Kier alpha value is -1.88. The summed E-state index contributed by atoms with van der Waals surface area (Å²) >= 11 is 0. The van der Waals surface area contributed by atoms with Gasteiger partial charge in [0.2, 0.25) is 0 Å². The summed E-state index contributed by atoms with van der Waals surface area (Å²) in [5, 5.41) is 11.2. The molecule has 2 heterocycles. The Labute approximate surface area is 93.0 Å². The van der Waals surface area contributed by atoms with E-state index in [-0.39, 0.29) is 0 Å². The van der Waals surface area contributed by atoms with Gasteiger partial charge in [0.05, 0.1) is 43.0 Å². The van der Waals surface area contributed by atoms with Gasteiger partial charge in [0.1, 0.15) is 0 Å². The van der Waals surface area contributed by atoms with E-state index in [9.17, 15) is 0 Å². The van der Waals surface area contributed by atoms with Crippen LogP contribution in [-0.2, 0) is 4.74 Å². The van der Waals surface area contributed by atoms with Crippen LogP contribution >= 0.6 is 0 Å². The molecule has 0 bridgehead atoms. The lowest BCUT2D eigenvalue weighted by Gasteiger charge is -2.28. The molecule has 0 spiro atoms. The summed E-state index contributed by atoms with van der Waals surface area (Å²) in [5.41, 5.74) is 2.06. The molecule has 2 aromatic rings. The summed E-state index contributed by atoms with van der Waals surface area (Å²) in [6, 6.07) is 8.44. The first-order valence-electron chi connectivity index (χ1n) is 5.23. The lowest BCUT2D eigenvalue weighted by molar-refractivity contribution is 0.0211. The molecule has 1 saturated heterocycles. The molecule has 16 heavy (non-hydrogen) atoms. The van der Waals surface area contributed by atoms with Gasteiger partial charge in [-0.05, 0) is 12.1 Å². The highest BCUT2D eigenvalue weighted by Crippen LogP contribution is 2.21. The molecule has 82 valence electrons. The van der Waals surface area contributed by atoms with Crippen molar-refractivity contribution in [3.05, 3.63) is 36.7 Å². The van der Waals surface area contributed by atoms with Gasteiger partial charge in [-0.3, -0.25) is 0 Å². The second-order valence-electron chi connectivity index (χ2n) is 3.74. The van der Waals surface area contributed by atoms with Crippen LogP contribution in [0.3, 0.4) is 0 Å². The van der Waals surface area contributed by atoms with Crippen molar-refractivity contribution >= 4 is 5.69 Å². The molecule has 0 atom stereocenters. The second-order valence-corrected chi connectivity index (χ2v) is 3.74. The number of ether oxygens (including phenoxy) is 1. The van der Waals surface area contributed by atoms with Crippen LogP contribution in [-0.4, -0.2) is 34.2 Å². The summed E-state index contributed by atoms with van der Waals surface area (Å²) in [6.07, 6.45) is 3.50. The number of hydrogen-bond donors (Lipinski definition) is 1. The zero-order valence-corrected chi connectivity index (χ0v) is 8.71. The maximum atomic E-state index is 5.14. The van der Waals surface area contributed by atoms with Gasteiger partial charge in [0, 0.05) is 0 Å². The van der Waals surface area contributed by atoms with Gasteiger partial charge in [-0.25, -0.2) is 4.68 Å². The Morgan fingerprint density at radius 1 is 1.31 bits per heavy atom. The van der Waals surface area contributed by atoms with E-state index in [2.05, 4.69) is 15.6 Å². The Morgan fingerprint density at radius 3 is 2.88 bits per heavy atom. The minimum absolute atomic E-state index is 0.407. The van der Waals surface area contributed by atoms with E-state index >= 15 is 0 Å². The maximum absolute atomic E-state index is 5.14. The molecule has 0 radical (unpaired) electrons. The molecular formula is C11H12N4O. The van der Waals surface area contributed by atoms with Crippen molar-refractivity contribution in [1.82, 2.24) is 15.0 Å². The predicted octanol–water partition coefficient (Wildman–Crippen LogP) is 1.08. The second kappa shape index (κ2) is 3.94. The fourth-order valence-electron chi connectivity index (χ4n) is 1.67. The van der Waals surface area contributed by atoms with Crippen molar-refractivity contribution in [3.8, 4) is 5.69 Å². The Kier molecular flexibility index (Phi) is 2.30. The van der Waals surface area contributed by atoms with Crippen LogP contribution in [0, 0.1) is 0 Å². The van der Waals surface area contributed by atoms with E-state index < -0.39 is 0 Å². The number of nitrogens with zero attached hydrogens (tertiary/aromatic N) is 3. The zero-order valence-electron chi connectivity index (χ0n) is 8.71. The SMILES string of the molecule is c1ccc(-n2ccnn2)c(NC2COC2)c1. The van der Waals surface area contributed by atoms with Gasteiger partial charge < -0.3 is 10.1 Å². The first-order valence-corrected chi connectivity index (χ1v) is 5.23. The van der Waals surface area contributed by atoms with E-state index in [4.69, 9.17) is 4.74 Å². The molecule has 1 aliphatic heterocycles. The van der Waals surface area contributed by atoms with Gasteiger partial charge in [0.15, 0.2) is 0 Å². The molecule has 0 saturated carbocycles. The summed E-state index contributed by atoms with van der Waals surface area (Å²) in [4.78, 5) is 0. The maximum Gasteiger partial charge on any atom is 0.0894 e. The van der Waals surface area contributed by atoms with E-state index in [1.165, 1.54) is 0 Å². The first-order chi connectivity index (χ1) is 7.93. The van der Waals surface area contributed by atoms with Crippen molar-refractivity contribution in [2.75, 3.05) is 18.5 Å². The number of nitrogens with one attached hydrogen (secondary N) is 1. The molecule has 1 aliphatic rings. The first kappa shape index (κ1) is 9.35. The minimum atomic E-state index is 0.407. The molecule has 5 nitrogen and oxygen atoms in total. The van der Waals surface area contributed by atoms with Crippen molar-refractivity contribution in [3.63, 3.8) is 0 Å². The zero-order chi connectivity index (χ0) is 10.8. The molecule has 0 unspecified atom stereocenters. The molecule has 0 aliphatic carbocycles. The summed E-state index contributed by atoms with van der Waals surface area (Å²) in [5.74, 6) is 0. The van der Waals surface area contributed by atoms with Crippen LogP contribution in [0.15, 0.2) is 36.7 Å². The quantitative estimate of drug-likeness (QED) is 0.834. The van der Waals surface area contributed by atoms with Crippen LogP contribution < -0.4 is 5.32 Å². The Bertz CT molecular complexity index is 465. The molecular weight excluding hydrogens is 204 g/mol. The predicted molar refractivity (Wildman–Crippen MR) is 59.6 cm³/mol. The topological polar surface area (TPSA) is 52.0 Å². The van der Waals surface area contributed by atoms with Gasteiger partial charge in [-0.2, -0.15) is 0 Å². The number of benzene rings is 1. The highest BCUT2D eigenvalue weighted by molar-refractivity contribution is 5.61. The van der Waals surface area contributed by atoms with Crippen molar-refractivity contribution in [1.29, 1.82) is 0 Å². The van der Waals surface area contributed by atoms with Crippen molar-refractivity contribution < 1.29 is 4.74 Å². The molecule has 1 N–H and O–H groups in total. The third kappa shape index (κ3) is 1.65. The van der Waals surface area contributed by atoms with Crippen LogP contribution in [0.4, 0.5) is 5.69 Å². The Morgan fingerprint density at radius 2 is 2.19 bits per heavy atom. The molecule has 5 heteroatoms. The van der Waals surface area contributed by atoms with E-state index in [0.717, 1.165) is 24.6 Å². The lowest BCUT2D eigenvalue weighted by atomic mass is 10.2. The summed E-state index contributed by atoms with van der Waals surface area (Å²) < 4.78 is 6.89. The molecule has 3 rings (SSSR count). The number of para-hydroxylation sites is 2. The third-order valence-electron chi connectivity index (χ3n) is 2.57. The van der Waals surface area contributed by atoms with E-state index in [1.807, 2.05) is 30.5 Å². The highest BCUT2D eigenvalue weighted by Gasteiger charge is 2.19. The van der Waals surface area contributed by atoms with E-state index in [1.54, 1.807) is 10.9 Å². The standard InChI is InChI=1S/C11H12N4O/c1-2-4-11(15-6-5-12-14-15)10(3-1)13-9-7-16-8-9/h1-6,9,13H,7-8H2. The summed E-state index contributed by atoms with van der Waals surface area (Å²) in [7, 11) is 0. The van der Waals surface area contributed by atoms with Gasteiger partial charge in [-0.1, -0.05) is 17.3 Å².